The van der Waals surface area contributed by atoms with Gasteiger partial charge in [0.1, 0.15) is 5.75 Å². The van der Waals surface area contributed by atoms with Crippen LogP contribution < -0.4 is 4.74 Å². The van der Waals surface area contributed by atoms with Gasteiger partial charge in [0.25, 0.3) is 0 Å². The normalized spacial score (nSPS) is 15.2. The third kappa shape index (κ3) is 2.05. The Hall–Kier alpha value is -1.06. The maximum atomic E-state index is 9.38. The van der Waals surface area contributed by atoms with E-state index < -0.39 is 0 Å². The average Bonchev–Trinajstić information content (AvgIpc) is 3.16. The molecule has 1 aliphatic rings. The molecule has 1 fully saturated rings. The molecule has 17 heavy (non-hydrogen) atoms. The Kier molecular flexibility index (Phi) is 2.81. The molecule has 1 saturated carbocycles. The second-order valence-corrected chi connectivity index (χ2v) is 5.22. The number of fused-ring (bicyclic) bond motifs is 1. The van der Waals surface area contributed by atoms with Crippen LogP contribution in [0.5, 0.6) is 5.75 Å². The van der Waals surface area contributed by atoms with Crippen LogP contribution in [0.4, 0.5) is 0 Å². The molecular formula is C14H13BrO2. The highest BCUT2D eigenvalue weighted by Crippen LogP contribution is 2.39. The van der Waals surface area contributed by atoms with Gasteiger partial charge in [0.05, 0.1) is 17.2 Å². The minimum atomic E-state index is 0.0445. The van der Waals surface area contributed by atoms with Gasteiger partial charge in [0, 0.05) is 5.39 Å². The van der Waals surface area contributed by atoms with Gasteiger partial charge in [-0.2, -0.15) is 0 Å². The molecule has 1 aliphatic carbocycles. The molecule has 0 aliphatic heterocycles. The second kappa shape index (κ2) is 4.31. The summed E-state index contributed by atoms with van der Waals surface area (Å²) >= 11 is 3.53. The van der Waals surface area contributed by atoms with Crippen LogP contribution in [0.3, 0.4) is 0 Å². The van der Waals surface area contributed by atoms with Gasteiger partial charge in [0.2, 0.25) is 0 Å². The summed E-state index contributed by atoms with van der Waals surface area (Å²) in [7, 11) is 0. The highest BCUT2D eigenvalue weighted by molar-refractivity contribution is 9.10. The molecule has 0 radical (unpaired) electrons. The van der Waals surface area contributed by atoms with Gasteiger partial charge in [-0.15, -0.1) is 0 Å². The number of ether oxygens (including phenoxy) is 1. The van der Waals surface area contributed by atoms with Gasteiger partial charge in [0.15, 0.2) is 0 Å². The highest BCUT2D eigenvalue weighted by atomic mass is 79.9. The number of hydrogen-bond donors (Lipinski definition) is 1. The van der Waals surface area contributed by atoms with Crippen LogP contribution in [-0.4, -0.2) is 11.2 Å². The fourth-order valence-corrected chi connectivity index (χ4v) is 2.57. The number of benzene rings is 2. The van der Waals surface area contributed by atoms with E-state index in [4.69, 9.17) is 4.74 Å². The summed E-state index contributed by atoms with van der Waals surface area (Å²) in [4.78, 5) is 0. The minimum Gasteiger partial charge on any atom is -0.489 e. The lowest BCUT2D eigenvalue weighted by Crippen LogP contribution is -1.99. The molecule has 0 atom stereocenters. The Labute approximate surface area is 108 Å². The summed E-state index contributed by atoms with van der Waals surface area (Å²) in [5.74, 6) is 0.903. The third-order valence-electron chi connectivity index (χ3n) is 3.01. The van der Waals surface area contributed by atoms with Crippen molar-refractivity contribution < 1.29 is 9.84 Å². The van der Waals surface area contributed by atoms with Crippen molar-refractivity contribution in [1.29, 1.82) is 0 Å². The molecule has 1 N–H and O–H groups in total. The van der Waals surface area contributed by atoms with Crippen molar-refractivity contribution in [2.24, 2.45) is 0 Å². The Morgan fingerprint density at radius 2 is 1.94 bits per heavy atom. The van der Waals surface area contributed by atoms with Crippen LogP contribution >= 0.6 is 15.9 Å². The van der Waals surface area contributed by atoms with Crippen LogP contribution in [0.2, 0.25) is 0 Å². The fourth-order valence-electron chi connectivity index (χ4n) is 1.99. The molecule has 3 heteroatoms. The first-order chi connectivity index (χ1) is 8.29. The number of halogens is 1. The Balaban J connectivity index is 2.21. The molecule has 2 aromatic carbocycles. The van der Waals surface area contributed by atoms with Crippen LogP contribution in [0, 0.1) is 0 Å². The van der Waals surface area contributed by atoms with Crippen molar-refractivity contribution in [2.45, 2.75) is 25.6 Å². The van der Waals surface area contributed by atoms with Gasteiger partial charge in [-0.05, 0) is 45.8 Å². The van der Waals surface area contributed by atoms with E-state index in [2.05, 4.69) is 15.9 Å². The lowest BCUT2D eigenvalue weighted by atomic mass is 10.0. The number of aliphatic hydroxyl groups is 1. The zero-order valence-electron chi connectivity index (χ0n) is 9.32. The van der Waals surface area contributed by atoms with E-state index in [0.717, 1.165) is 39.4 Å². The molecule has 0 bridgehead atoms. The molecule has 0 saturated heterocycles. The first-order valence-corrected chi connectivity index (χ1v) is 6.56. The number of hydrogen-bond acceptors (Lipinski definition) is 2. The Morgan fingerprint density at radius 3 is 2.59 bits per heavy atom. The van der Waals surface area contributed by atoms with Gasteiger partial charge < -0.3 is 9.84 Å². The number of rotatable bonds is 3. The average molecular weight is 293 g/mol. The summed E-state index contributed by atoms with van der Waals surface area (Å²) in [6.07, 6.45) is 2.65. The first kappa shape index (κ1) is 11.1. The quantitative estimate of drug-likeness (QED) is 0.936. The molecule has 0 spiro atoms. The van der Waals surface area contributed by atoms with E-state index >= 15 is 0 Å². The van der Waals surface area contributed by atoms with Gasteiger partial charge in [-0.3, -0.25) is 0 Å². The summed E-state index contributed by atoms with van der Waals surface area (Å²) in [5.41, 5.74) is 0.927. The zero-order valence-corrected chi connectivity index (χ0v) is 10.9. The SMILES string of the molecule is OCc1cc(Br)c(OC2CC2)c2ccccc12. The molecule has 0 unspecified atom stereocenters. The summed E-state index contributed by atoms with van der Waals surface area (Å²) in [6.45, 7) is 0.0445. The third-order valence-corrected chi connectivity index (χ3v) is 3.60. The first-order valence-electron chi connectivity index (χ1n) is 5.77. The molecule has 0 amide bonds. The van der Waals surface area contributed by atoms with Crippen LogP contribution in [0.25, 0.3) is 10.8 Å². The van der Waals surface area contributed by atoms with Crippen molar-refractivity contribution in [1.82, 2.24) is 0 Å². The molecule has 0 aromatic heterocycles. The Morgan fingerprint density at radius 1 is 1.24 bits per heavy atom. The number of aliphatic hydroxyl groups excluding tert-OH is 1. The van der Waals surface area contributed by atoms with E-state index in [-0.39, 0.29) is 6.61 Å². The van der Waals surface area contributed by atoms with Crippen LogP contribution in [0.15, 0.2) is 34.8 Å². The molecule has 2 aromatic rings. The summed E-state index contributed by atoms with van der Waals surface area (Å²) < 4.78 is 6.86. The Bertz CT molecular complexity index is 561. The van der Waals surface area contributed by atoms with Gasteiger partial charge >= 0.3 is 0 Å². The van der Waals surface area contributed by atoms with E-state index in [9.17, 15) is 5.11 Å². The maximum Gasteiger partial charge on any atom is 0.141 e. The molecule has 0 heterocycles. The standard InChI is InChI=1S/C14H13BrO2/c15-13-7-9(8-16)11-3-1-2-4-12(11)14(13)17-10-5-6-10/h1-4,7,10,16H,5-6,8H2. The monoisotopic (exact) mass is 292 g/mol. The molecule has 2 nitrogen and oxygen atoms in total. The van der Waals surface area contributed by atoms with Crippen LogP contribution in [0.1, 0.15) is 18.4 Å². The minimum absolute atomic E-state index is 0.0445. The molecular weight excluding hydrogens is 280 g/mol. The van der Waals surface area contributed by atoms with E-state index in [1.807, 2.05) is 30.3 Å². The lowest BCUT2D eigenvalue weighted by molar-refractivity contribution is 0.282. The van der Waals surface area contributed by atoms with Gasteiger partial charge in [-0.1, -0.05) is 24.3 Å². The second-order valence-electron chi connectivity index (χ2n) is 4.37. The van der Waals surface area contributed by atoms with Crippen molar-refractivity contribution in [2.75, 3.05) is 0 Å². The smallest absolute Gasteiger partial charge is 0.141 e. The van der Waals surface area contributed by atoms with Gasteiger partial charge in [-0.25, -0.2) is 0 Å². The van der Waals surface area contributed by atoms with E-state index in [1.54, 1.807) is 0 Å². The molecule has 88 valence electrons. The van der Waals surface area contributed by atoms with E-state index in [0.29, 0.717) is 6.10 Å². The predicted molar refractivity (Wildman–Crippen MR) is 71.2 cm³/mol. The van der Waals surface area contributed by atoms with Crippen LogP contribution in [-0.2, 0) is 6.61 Å². The lowest BCUT2D eigenvalue weighted by Gasteiger charge is -2.13. The molecule has 3 rings (SSSR count). The topological polar surface area (TPSA) is 29.5 Å². The summed E-state index contributed by atoms with van der Waals surface area (Å²) in [5, 5.41) is 11.5. The van der Waals surface area contributed by atoms with Crippen molar-refractivity contribution in [3.63, 3.8) is 0 Å². The van der Waals surface area contributed by atoms with Crippen molar-refractivity contribution >= 4 is 26.7 Å². The van der Waals surface area contributed by atoms with Crippen molar-refractivity contribution in [3.8, 4) is 5.75 Å². The maximum absolute atomic E-state index is 9.38. The zero-order chi connectivity index (χ0) is 11.8. The summed E-state index contributed by atoms with van der Waals surface area (Å²) in [6, 6.07) is 9.98. The largest absolute Gasteiger partial charge is 0.489 e. The fraction of sp³-hybridized carbons (Fsp3) is 0.286. The predicted octanol–water partition coefficient (Wildman–Crippen LogP) is 3.64. The van der Waals surface area contributed by atoms with E-state index in [1.165, 1.54) is 0 Å². The van der Waals surface area contributed by atoms with Crippen molar-refractivity contribution in [3.05, 3.63) is 40.4 Å². The highest BCUT2D eigenvalue weighted by Gasteiger charge is 2.25.